The molecule has 0 aromatic carbocycles. The Morgan fingerprint density at radius 1 is 1.28 bits per heavy atom. The average Bonchev–Trinajstić information content (AvgIpc) is 2.34. The number of aromatic nitrogens is 2. The lowest BCUT2D eigenvalue weighted by Crippen LogP contribution is -2.17. The van der Waals surface area contributed by atoms with Crippen LogP contribution < -0.4 is 10.6 Å². The van der Waals surface area contributed by atoms with Gasteiger partial charge in [-0.15, -0.1) is 0 Å². The summed E-state index contributed by atoms with van der Waals surface area (Å²) in [4.78, 5) is 10.9. The maximum Gasteiger partial charge on any atom is 0.158 e. The summed E-state index contributed by atoms with van der Waals surface area (Å²) in [6.45, 7) is 2.37. The van der Waals surface area contributed by atoms with E-state index in [1.165, 1.54) is 0 Å². The number of nitrogens with zero attached hydrogens (tertiary/aromatic N) is 3. The highest BCUT2D eigenvalue weighted by Crippen LogP contribution is 2.11. The Morgan fingerprint density at radius 3 is 2.61 bits per heavy atom. The van der Waals surface area contributed by atoms with Crippen LogP contribution in [-0.4, -0.2) is 56.2 Å². The third kappa shape index (κ3) is 5.29. The van der Waals surface area contributed by atoms with Crippen molar-refractivity contribution in [1.29, 1.82) is 0 Å². The van der Waals surface area contributed by atoms with Crippen LogP contribution in [0.2, 0.25) is 0 Å². The standard InChI is InChI=1S/C12H23N5O/c1-13-10-8-11(14-6-5-7-17(2)3)16-12(15-10)9-18-4/h8H,5-7,9H2,1-4H3,(H2,13,14,15,16). The molecule has 0 amide bonds. The summed E-state index contributed by atoms with van der Waals surface area (Å²) in [6.07, 6.45) is 1.07. The third-order valence-corrected chi connectivity index (χ3v) is 2.39. The topological polar surface area (TPSA) is 62.3 Å². The lowest BCUT2D eigenvalue weighted by Gasteiger charge is -2.11. The quantitative estimate of drug-likeness (QED) is 0.675. The van der Waals surface area contributed by atoms with E-state index in [1.54, 1.807) is 7.11 Å². The Hall–Kier alpha value is -1.40. The summed E-state index contributed by atoms with van der Waals surface area (Å²) in [7, 11) is 7.62. The number of ether oxygens (including phenoxy) is 1. The predicted octanol–water partition coefficient (Wildman–Crippen LogP) is 1.03. The van der Waals surface area contributed by atoms with Crippen LogP contribution in [-0.2, 0) is 11.3 Å². The minimum Gasteiger partial charge on any atom is -0.377 e. The molecule has 0 bridgehead atoms. The normalized spacial score (nSPS) is 10.7. The Morgan fingerprint density at radius 2 is 2.00 bits per heavy atom. The molecular formula is C12H23N5O. The fourth-order valence-electron chi connectivity index (χ4n) is 1.52. The van der Waals surface area contributed by atoms with Gasteiger partial charge in [0.05, 0.1) is 0 Å². The van der Waals surface area contributed by atoms with E-state index in [0.29, 0.717) is 12.4 Å². The predicted molar refractivity (Wildman–Crippen MR) is 74.0 cm³/mol. The Balaban J connectivity index is 2.55. The molecule has 0 radical (unpaired) electrons. The highest BCUT2D eigenvalue weighted by atomic mass is 16.5. The monoisotopic (exact) mass is 253 g/mol. The Labute approximate surface area is 109 Å². The molecule has 1 aromatic rings. The van der Waals surface area contributed by atoms with Gasteiger partial charge in [-0.1, -0.05) is 0 Å². The summed E-state index contributed by atoms with van der Waals surface area (Å²) in [5, 5.41) is 6.32. The fraction of sp³-hybridized carbons (Fsp3) is 0.667. The molecule has 0 aliphatic heterocycles. The van der Waals surface area contributed by atoms with Crippen LogP contribution >= 0.6 is 0 Å². The molecule has 0 unspecified atom stereocenters. The first-order chi connectivity index (χ1) is 8.65. The van der Waals surface area contributed by atoms with Crippen molar-refractivity contribution in [2.45, 2.75) is 13.0 Å². The summed E-state index contributed by atoms with van der Waals surface area (Å²) >= 11 is 0. The van der Waals surface area contributed by atoms with Crippen molar-refractivity contribution in [3.05, 3.63) is 11.9 Å². The molecule has 6 nitrogen and oxygen atoms in total. The van der Waals surface area contributed by atoms with Gasteiger partial charge in [-0.05, 0) is 27.1 Å². The second-order valence-corrected chi connectivity index (χ2v) is 4.32. The van der Waals surface area contributed by atoms with Crippen LogP contribution in [0.25, 0.3) is 0 Å². The van der Waals surface area contributed by atoms with Gasteiger partial charge in [-0.3, -0.25) is 0 Å². The largest absolute Gasteiger partial charge is 0.377 e. The first kappa shape index (κ1) is 14.7. The Kier molecular flexibility index (Phi) is 6.38. The lowest BCUT2D eigenvalue weighted by atomic mass is 10.4. The number of hydrogen-bond acceptors (Lipinski definition) is 6. The molecule has 1 heterocycles. The van der Waals surface area contributed by atoms with Gasteiger partial charge in [0.2, 0.25) is 0 Å². The van der Waals surface area contributed by atoms with Gasteiger partial charge < -0.3 is 20.3 Å². The van der Waals surface area contributed by atoms with E-state index < -0.39 is 0 Å². The minimum atomic E-state index is 0.419. The van der Waals surface area contributed by atoms with E-state index in [-0.39, 0.29) is 0 Å². The molecule has 0 aliphatic rings. The van der Waals surface area contributed by atoms with Crippen LogP contribution in [0, 0.1) is 0 Å². The van der Waals surface area contributed by atoms with Crippen molar-refractivity contribution in [1.82, 2.24) is 14.9 Å². The minimum absolute atomic E-state index is 0.419. The van der Waals surface area contributed by atoms with Gasteiger partial charge in [0, 0.05) is 26.8 Å². The van der Waals surface area contributed by atoms with Crippen LogP contribution in [0.5, 0.6) is 0 Å². The van der Waals surface area contributed by atoms with Gasteiger partial charge in [0.15, 0.2) is 5.82 Å². The van der Waals surface area contributed by atoms with E-state index in [4.69, 9.17) is 4.74 Å². The highest BCUT2D eigenvalue weighted by Gasteiger charge is 2.03. The summed E-state index contributed by atoms with van der Waals surface area (Å²) < 4.78 is 5.05. The fourth-order valence-corrected chi connectivity index (χ4v) is 1.52. The van der Waals surface area contributed by atoms with E-state index >= 15 is 0 Å². The molecule has 1 rings (SSSR count). The molecule has 6 heteroatoms. The first-order valence-corrected chi connectivity index (χ1v) is 6.09. The van der Waals surface area contributed by atoms with Gasteiger partial charge >= 0.3 is 0 Å². The number of anilines is 2. The number of nitrogens with one attached hydrogen (secondary N) is 2. The zero-order valence-electron chi connectivity index (χ0n) is 11.7. The van der Waals surface area contributed by atoms with E-state index in [0.717, 1.165) is 31.1 Å². The van der Waals surface area contributed by atoms with E-state index in [1.807, 2.05) is 13.1 Å². The van der Waals surface area contributed by atoms with Crippen LogP contribution in [0.1, 0.15) is 12.2 Å². The maximum absolute atomic E-state index is 5.05. The van der Waals surface area contributed by atoms with Crippen molar-refractivity contribution in [2.24, 2.45) is 0 Å². The average molecular weight is 253 g/mol. The SMILES string of the molecule is CNc1cc(NCCCN(C)C)nc(COC)n1. The smallest absolute Gasteiger partial charge is 0.158 e. The molecule has 0 saturated heterocycles. The van der Waals surface area contributed by atoms with Crippen molar-refractivity contribution in [3.63, 3.8) is 0 Å². The molecule has 18 heavy (non-hydrogen) atoms. The van der Waals surface area contributed by atoms with E-state index in [2.05, 4.69) is 39.6 Å². The van der Waals surface area contributed by atoms with Crippen LogP contribution in [0.3, 0.4) is 0 Å². The van der Waals surface area contributed by atoms with Crippen molar-refractivity contribution >= 4 is 11.6 Å². The lowest BCUT2D eigenvalue weighted by molar-refractivity contribution is 0.178. The van der Waals surface area contributed by atoms with Gasteiger partial charge in [0.1, 0.15) is 18.2 Å². The number of methoxy groups -OCH3 is 1. The number of rotatable bonds is 8. The zero-order valence-corrected chi connectivity index (χ0v) is 11.7. The Bertz CT molecular complexity index is 356. The van der Waals surface area contributed by atoms with Gasteiger partial charge in [-0.2, -0.15) is 0 Å². The van der Waals surface area contributed by atoms with Crippen LogP contribution in [0.15, 0.2) is 6.07 Å². The summed E-state index contributed by atoms with van der Waals surface area (Å²) in [5.74, 6) is 2.31. The zero-order chi connectivity index (χ0) is 13.4. The number of hydrogen-bond donors (Lipinski definition) is 2. The molecule has 0 spiro atoms. The van der Waals surface area contributed by atoms with E-state index in [9.17, 15) is 0 Å². The van der Waals surface area contributed by atoms with Crippen LogP contribution in [0.4, 0.5) is 11.6 Å². The first-order valence-electron chi connectivity index (χ1n) is 6.09. The molecule has 2 N–H and O–H groups in total. The molecule has 0 fully saturated rings. The molecule has 0 aliphatic carbocycles. The van der Waals surface area contributed by atoms with Crippen molar-refractivity contribution < 1.29 is 4.74 Å². The molecule has 102 valence electrons. The van der Waals surface area contributed by atoms with Crippen molar-refractivity contribution in [2.75, 3.05) is 52.0 Å². The summed E-state index contributed by atoms with van der Waals surface area (Å²) in [6, 6.07) is 1.90. The van der Waals surface area contributed by atoms with Gasteiger partial charge in [0.25, 0.3) is 0 Å². The summed E-state index contributed by atoms with van der Waals surface area (Å²) in [5.41, 5.74) is 0. The molecule has 0 saturated carbocycles. The highest BCUT2D eigenvalue weighted by molar-refractivity contribution is 5.47. The molecule has 1 aromatic heterocycles. The third-order valence-electron chi connectivity index (χ3n) is 2.39. The van der Waals surface area contributed by atoms with Gasteiger partial charge in [-0.25, -0.2) is 9.97 Å². The molecule has 0 atom stereocenters. The second kappa shape index (κ2) is 7.84. The maximum atomic E-state index is 5.05. The van der Waals surface area contributed by atoms with Crippen molar-refractivity contribution in [3.8, 4) is 0 Å². The second-order valence-electron chi connectivity index (χ2n) is 4.32. The molecular weight excluding hydrogens is 230 g/mol.